The van der Waals surface area contributed by atoms with Crippen molar-refractivity contribution in [3.63, 3.8) is 0 Å². The summed E-state index contributed by atoms with van der Waals surface area (Å²) in [6.07, 6.45) is 5.98. The van der Waals surface area contributed by atoms with E-state index in [2.05, 4.69) is 18.2 Å². The SMILES string of the molecule is CSCCN(C)CC1CCC(N)C1. The maximum absolute atomic E-state index is 5.88. The Morgan fingerprint density at radius 3 is 2.77 bits per heavy atom. The first-order chi connectivity index (χ1) is 6.22. The van der Waals surface area contributed by atoms with E-state index < -0.39 is 0 Å². The number of nitrogens with two attached hydrogens (primary N) is 1. The zero-order valence-electron chi connectivity index (χ0n) is 8.83. The topological polar surface area (TPSA) is 29.3 Å². The largest absolute Gasteiger partial charge is 0.328 e. The Balaban J connectivity index is 2.09. The van der Waals surface area contributed by atoms with Gasteiger partial charge in [-0.25, -0.2) is 0 Å². The van der Waals surface area contributed by atoms with Crippen LogP contribution in [0.3, 0.4) is 0 Å². The van der Waals surface area contributed by atoms with Gasteiger partial charge < -0.3 is 10.6 Å². The van der Waals surface area contributed by atoms with Gasteiger partial charge in [-0.2, -0.15) is 11.8 Å². The van der Waals surface area contributed by atoms with Crippen LogP contribution < -0.4 is 5.73 Å². The Morgan fingerprint density at radius 1 is 1.46 bits per heavy atom. The highest BCUT2D eigenvalue weighted by molar-refractivity contribution is 7.98. The third-order valence-electron chi connectivity index (χ3n) is 2.83. The molecule has 2 nitrogen and oxygen atoms in total. The lowest BCUT2D eigenvalue weighted by Crippen LogP contribution is -2.27. The smallest absolute Gasteiger partial charge is 0.00693 e. The quantitative estimate of drug-likeness (QED) is 0.731. The third kappa shape index (κ3) is 4.34. The molecule has 0 heterocycles. The Bertz CT molecular complexity index is 141. The molecule has 2 unspecified atom stereocenters. The predicted octanol–water partition coefficient (Wildman–Crippen LogP) is 1.41. The molecule has 78 valence electrons. The first kappa shape index (κ1) is 11.3. The van der Waals surface area contributed by atoms with Crippen LogP contribution in [0, 0.1) is 5.92 Å². The summed E-state index contributed by atoms with van der Waals surface area (Å²) in [4.78, 5) is 2.44. The van der Waals surface area contributed by atoms with Crippen molar-refractivity contribution in [3.8, 4) is 0 Å². The number of hydrogen-bond donors (Lipinski definition) is 1. The van der Waals surface area contributed by atoms with Gasteiger partial charge in [0.1, 0.15) is 0 Å². The molecule has 2 N–H and O–H groups in total. The maximum atomic E-state index is 5.88. The summed E-state index contributed by atoms with van der Waals surface area (Å²) in [6.45, 7) is 2.46. The van der Waals surface area contributed by atoms with E-state index in [0.717, 1.165) is 5.92 Å². The third-order valence-corrected chi connectivity index (χ3v) is 3.42. The lowest BCUT2D eigenvalue weighted by atomic mass is 10.1. The van der Waals surface area contributed by atoms with E-state index >= 15 is 0 Å². The molecule has 3 heteroatoms. The fraction of sp³-hybridized carbons (Fsp3) is 1.00. The molecular formula is C10H22N2S. The molecule has 0 amide bonds. The number of rotatable bonds is 5. The summed E-state index contributed by atoms with van der Waals surface area (Å²) < 4.78 is 0. The summed E-state index contributed by atoms with van der Waals surface area (Å²) in [5.41, 5.74) is 5.88. The summed E-state index contributed by atoms with van der Waals surface area (Å²) in [5, 5.41) is 0. The van der Waals surface area contributed by atoms with E-state index in [-0.39, 0.29) is 0 Å². The number of thioether (sulfide) groups is 1. The predicted molar refractivity (Wildman–Crippen MR) is 61.2 cm³/mol. The molecular weight excluding hydrogens is 180 g/mol. The van der Waals surface area contributed by atoms with Crippen LogP contribution in [0.2, 0.25) is 0 Å². The average molecular weight is 202 g/mol. The molecule has 0 radical (unpaired) electrons. The van der Waals surface area contributed by atoms with Gasteiger partial charge >= 0.3 is 0 Å². The minimum absolute atomic E-state index is 0.485. The molecule has 0 aromatic rings. The van der Waals surface area contributed by atoms with E-state index in [1.807, 2.05) is 11.8 Å². The van der Waals surface area contributed by atoms with Crippen molar-refractivity contribution in [1.82, 2.24) is 4.90 Å². The minimum Gasteiger partial charge on any atom is -0.328 e. The molecule has 2 atom stereocenters. The molecule has 1 rings (SSSR count). The Hall–Kier alpha value is 0.270. The molecule has 1 aliphatic rings. The van der Waals surface area contributed by atoms with Gasteiger partial charge in [0.05, 0.1) is 0 Å². The van der Waals surface area contributed by atoms with Crippen LogP contribution in [-0.2, 0) is 0 Å². The van der Waals surface area contributed by atoms with Gasteiger partial charge in [0, 0.05) is 24.9 Å². The van der Waals surface area contributed by atoms with Gasteiger partial charge in [0.2, 0.25) is 0 Å². The summed E-state index contributed by atoms with van der Waals surface area (Å²) >= 11 is 1.92. The zero-order valence-corrected chi connectivity index (χ0v) is 9.65. The van der Waals surface area contributed by atoms with Crippen molar-refractivity contribution in [2.75, 3.05) is 32.1 Å². The molecule has 1 aliphatic carbocycles. The van der Waals surface area contributed by atoms with E-state index in [0.29, 0.717) is 6.04 Å². The van der Waals surface area contributed by atoms with E-state index in [1.165, 1.54) is 38.1 Å². The molecule has 1 saturated carbocycles. The van der Waals surface area contributed by atoms with Crippen molar-refractivity contribution in [2.24, 2.45) is 11.7 Å². The van der Waals surface area contributed by atoms with Crippen molar-refractivity contribution in [1.29, 1.82) is 0 Å². The van der Waals surface area contributed by atoms with Crippen LogP contribution >= 0.6 is 11.8 Å². The van der Waals surface area contributed by atoms with E-state index in [9.17, 15) is 0 Å². The lowest BCUT2D eigenvalue weighted by Gasteiger charge is -2.20. The second kappa shape index (κ2) is 5.89. The van der Waals surface area contributed by atoms with Gasteiger partial charge in [0.15, 0.2) is 0 Å². The number of nitrogens with zero attached hydrogens (tertiary/aromatic N) is 1. The number of hydrogen-bond acceptors (Lipinski definition) is 3. The minimum atomic E-state index is 0.485. The first-order valence-electron chi connectivity index (χ1n) is 5.15. The Kier molecular flexibility index (Phi) is 5.14. The van der Waals surface area contributed by atoms with Crippen molar-refractivity contribution in [2.45, 2.75) is 25.3 Å². The van der Waals surface area contributed by atoms with Crippen LogP contribution in [0.15, 0.2) is 0 Å². The van der Waals surface area contributed by atoms with Crippen LogP contribution in [0.5, 0.6) is 0 Å². The molecule has 0 aromatic heterocycles. The second-order valence-corrected chi connectivity index (χ2v) is 5.18. The highest BCUT2D eigenvalue weighted by Gasteiger charge is 2.22. The van der Waals surface area contributed by atoms with E-state index in [1.54, 1.807) is 0 Å². The molecule has 13 heavy (non-hydrogen) atoms. The van der Waals surface area contributed by atoms with Crippen LogP contribution in [-0.4, -0.2) is 43.1 Å². The van der Waals surface area contributed by atoms with Crippen molar-refractivity contribution < 1.29 is 0 Å². The van der Waals surface area contributed by atoms with Gasteiger partial charge in [-0.1, -0.05) is 0 Å². The van der Waals surface area contributed by atoms with E-state index in [4.69, 9.17) is 5.73 Å². The van der Waals surface area contributed by atoms with Gasteiger partial charge in [-0.05, 0) is 38.5 Å². The Labute approximate surface area is 86.2 Å². The highest BCUT2D eigenvalue weighted by atomic mass is 32.2. The Morgan fingerprint density at radius 2 is 2.23 bits per heavy atom. The van der Waals surface area contributed by atoms with Gasteiger partial charge in [0.25, 0.3) is 0 Å². The molecule has 0 aromatic carbocycles. The second-order valence-electron chi connectivity index (χ2n) is 4.19. The fourth-order valence-electron chi connectivity index (χ4n) is 2.06. The van der Waals surface area contributed by atoms with Gasteiger partial charge in [-0.15, -0.1) is 0 Å². The van der Waals surface area contributed by atoms with Gasteiger partial charge in [-0.3, -0.25) is 0 Å². The van der Waals surface area contributed by atoms with Crippen LogP contribution in [0.25, 0.3) is 0 Å². The highest BCUT2D eigenvalue weighted by Crippen LogP contribution is 2.24. The molecule has 1 fully saturated rings. The molecule has 0 spiro atoms. The average Bonchev–Trinajstić information content (AvgIpc) is 2.48. The monoisotopic (exact) mass is 202 g/mol. The van der Waals surface area contributed by atoms with Crippen LogP contribution in [0.4, 0.5) is 0 Å². The lowest BCUT2D eigenvalue weighted by molar-refractivity contribution is 0.291. The van der Waals surface area contributed by atoms with Crippen molar-refractivity contribution >= 4 is 11.8 Å². The standard InChI is InChI=1S/C10H22N2S/c1-12(5-6-13-2)8-9-3-4-10(11)7-9/h9-10H,3-8,11H2,1-2H3. The van der Waals surface area contributed by atoms with Crippen LogP contribution in [0.1, 0.15) is 19.3 Å². The first-order valence-corrected chi connectivity index (χ1v) is 6.55. The molecule has 0 aliphatic heterocycles. The molecule has 0 saturated heterocycles. The summed E-state index contributed by atoms with van der Waals surface area (Å²) in [7, 11) is 2.22. The molecule has 0 bridgehead atoms. The maximum Gasteiger partial charge on any atom is 0.00693 e. The zero-order chi connectivity index (χ0) is 9.68. The van der Waals surface area contributed by atoms with Crippen molar-refractivity contribution in [3.05, 3.63) is 0 Å². The normalized spacial score (nSPS) is 28.6. The summed E-state index contributed by atoms with van der Waals surface area (Å²) in [5.74, 6) is 2.11. The summed E-state index contributed by atoms with van der Waals surface area (Å²) in [6, 6.07) is 0.485. The fourth-order valence-corrected chi connectivity index (χ4v) is 2.55.